The van der Waals surface area contributed by atoms with Crippen molar-refractivity contribution in [3.05, 3.63) is 63.6 Å². The van der Waals surface area contributed by atoms with Gasteiger partial charge in [0.25, 0.3) is 0 Å². The summed E-state index contributed by atoms with van der Waals surface area (Å²) in [6.45, 7) is 4.96. The molecule has 0 atom stereocenters. The van der Waals surface area contributed by atoms with Crippen LogP contribution in [0.15, 0.2) is 46.9 Å². The quantitative estimate of drug-likeness (QED) is 0.609. The maximum atomic E-state index is 5.83. The van der Waals surface area contributed by atoms with Crippen LogP contribution in [0.5, 0.6) is 5.75 Å². The van der Waals surface area contributed by atoms with Crippen molar-refractivity contribution in [1.82, 2.24) is 0 Å². The topological polar surface area (TPSA) is 9.23 Å². The molecule has 0 aliphatic carbocycles. The normalized spacial score (nSPS) is 10.8. The molecule has 0 aliphatic rings. The molecule has 0 N–H and O–H groups in total. The molecular formula is C17H18BrClO. The standard InChI is InChI=1S/C17H18BrClO/c1-12(2)15-6-3-13(4-7-15)11-20-17-8-5-14(10-19)9-16(17)18/h3-9,12H,10-11H2,1-2H3. The van der Waals surface area contributed by atoms with E-state index in [1.165, 1.54) is 11.1 Å². The second-order valence-electron chi connectivity index (χ2n) is 5.08. The van der Waals surface area contributed by atoms with E-state index in [9.17, 15) is 0 Å². The van der Waals surface area contributed by atoms with E-state index < -0.39 is 0 Å². The molecular weight excluding hydrogens is 336 g/mol. The molecule has 2 aromatic carbocycles. The highest BCUT2D eigenvalue weighted by molar-refractivity contribution is 9.10. The van der Waals surface area contributed by atoms with Crippen LogP contribution in [0.4, 0.5) is 0 Å². The van der Waals surface area contributed by atoms with Crippen LogP contribution in [0, 0.1) is 0 Å². The Hall–Kier alpha value is -0.990. The van der Waals surface area contributed by atoms with Gasteiger partial charge in [-0.1, -0.05) is 44.2 Å². The van der Waals surface area contributed by atoms with E-state index in [0.717, 1.165) is 15.8 Å². The lowest BCUT2D eigenvalue weighted by atomic mass is 10.0. The summed E-state index contributed by atoms with van der Waals surface area (Å²) in [6, 6.07) is 14.5. The maximum absolute atomic E-state index is 5.83. The first kappa shape index (κ1) is 15.4. The number of ether oxygens (including phenoxy) is 1. The average Bonchev–Trinajstić information content (AvgIpc) is 2.46. The average molecular weight is 354 g/mol. The van der Waals surface area contributed by atoms with Gasteiger partial charge in [-0.15, -0.1) is 11.6 Å². The van der Waals surface area contributed by atoms with Gasteiger partial charge in [0.05, 0.1) is 4.47 Å². The molecule has 0 bridgehead atoms. The van der Waals surface area contributed by atoms with E-state index in [-0.39, 0.29) is 0 Å². The van der Waals surface area contributed by atoms with E-state index in [2.05, 4.69) is 54.0 Å². The maximum Gasteiger partial charge on any atom is 0.134 e. The van der Waals surface area contributed by atoms with E-state index in [0.29, 0.717) is 18.4 Å². The lowest BCUT2D eigenvalue weighted by Crippen LogP contribution is -1.97. The van der Waals surface area contributed by atoms with Crippen LogP contribution < -0.4 is 4.74 Å². The molecule has 0 amide bonds. The summed E-state index contributed by atoms with van der Waals surface area (Å²) >= 11 is 9.31. The predicted octanol–water partition coefficient (Wildman–Crippen LogP) is 5.89. The van der Waals surface area contributed by atoms with Crippen LogP contribution in [0.25, 0.3) is 0 Å². The summed E-state index contributed by atoms with van der Waals surface area (Å²) in [5, 5.41) is 0. The van der Waals surface area contributed by atoms with Crippen LogP contribution in [-0.4, -0.2) is 0 Å². The van der Waals surface area contributed by atoms with Crippen molar-refractivity contribution in [2.45, 2.75) is 32.3 Å². The molecule has 2 aromatic rings. The first-order valence-corrected chi connectivity index (χ1v) is 7.99. The highest BCUT2D eigenvalue weighted by Gasteiger charge is 2.04. The number of rotatable bonds is 5. The second kappa shape index (κ2) is 7.14. The van der Waals surface area contributed by atoms with Gasteiger partial charge in [-0.25, -0.2) is 0 Å². The monoisotopic (exact) mass is 352 g/mol. The SMILES string of the molecule is CC(C)c1ccc(COc2ccc(CCl)cc2Br)cc1. The van der Waals surface area contributed by atoms with Crippen molar-refractivity contribution in [2.24, 2.45) is 0 Å². The lowest BCUT2D eigenvalue weighted by Gasteiger charge is -2.10. The van der Waals surface area contributed by atoms with Gasteiger partial charge in [0.1, 0.15) is 12.4 Å². The third kappa shape index (κ3) is 4.00. The van der Waals surface area contributed by atoms with E-state index in [4.69, 9.17) is 16.3 Å². The van der Waals surface area contributed by atoms with Gasteiger partial charge in [0, 0.05) is 5.88 Å². The Kier molecular flexibility index (Phi) is 5.50. The Morgan fingerprint density at radius 2 is 1.70 bits per heavy atom. The van der Waals surface area contributed by atoms with Crippen LogP contribution >= 0.6 is 27.5 Å². The Morgan fingerprint density at radius 1 is 1.05 bits per heavy atom. The summed E-state index contributed by atoms with van der Waals surface area (Å²) in [5.74, 6) is 1.91. The molecule has 0 saturated carbocycles. The molecule has 20 heavy (non-hydrogen) atoms. The number of halogens is 2. The fourth-order valence-corrected chi connectivity index (χ4v) is 2.61. The zero-order valence-electron chi connectivity index (χ0n) is 11.7. The van der Waals surface area contributed by atoms with Crippen molar-refractivity contribution in [3.8, 4) is 5.75 Å². The minimum atomic E-state index is 0.509. The third-order valence-electron chi connectivity index (χ3n) is 3.19. The Bertz CT molecular complexity index is 564. The number of hydrogen-bond acceptors (Lipinski definition) is 1. The van der Waals surface area contributed by atoms with E-state index >= 15 is 0 Å². The van der Waals surface area contributed by atoms with Crippen molar-refractivity contribution in [2.75, 3.05) is 0 Å². The minimum absolute atomic E-state index is 0.509. The van der Waals surface area contributed by atoms with E-state index in [1.54, 1.807) is 0 Å². The first-order chi connectivity index (χ1) is 9.60. The molecule has 2 rings (SSSR count). The lowest BCUT2D eigenvalue weighted by molar-refractivity contribution is 0.304. The fourth-order valence-electron chi connectivity index (χ4n) is 1.90. The fraction of sp³-hybridized carbons (Fsp3) is 0.294. The smallest absolute Gasteiger partial charge is 0.134 e. The van der Waals surface area contributed by atoms with Gasteiger partial charge < -0.3 is 4.74 Å². The molecule has 0 aromatic heterocycles. The Morgan fingerprint density at radius 3 is 2.25 bits per heavy atom. The highest BCUT2D eigenvalue weighted by Crippen LogP contribution is 2.27. The number of hydrogen-bond donors (Lipinski definition) is 0. The molecule has 0 radical (unpaired) electrons. The van der Waals surface area contributed by atoms with Crippen LogP contribution in [0.1, 0.15) is 36.5 Å². The van der Waals surface area contributed by atoms with Crippen LogP contribution in [0.3, 0.4) is 0 Å². The van der Waals surface area contributed by atoms with Gasteiger partial charge in [-0.2, -0.15) is 0 Å². The number of benzene rings is 2. The molecule has 3 heteroatoms. The molecule has 0 fully saturated rings. The summed E-state index contributed by atoms with van der Waals surface area (Å²) in [5.41, 5.74) is 3.59. The van der Waals surface area contributed by atoms with Crippen molar-refractivity contribution >= 4 is 27.5 Å². The number of alkyl halides is 1. The van der Waals surface area contributed by atoms with Crippen molar-refractivity contribution in [1.29, 1.82) is 0 Å². The summed E-state index contributed by atoms with van der Waals surface area (Å²) in [7, 11) is 0. The third-order valence-corrected chi connectivity index (χ3v) is 4.12. The molecule has 0 spiro atoms. The Labute approximate surface area is 134 Å². The molecule has 0 heterocycles. The summed E-state index contributed by atoms with van der Waals surface area (Å²) in [4.78, 5) is 0. The zero-order chi connectivity index (χ0) is 14.5. The minimum Gasteiger partial charge on any atom is -0.488 e. The predicted molar refractivity (Wildman–Crippen MR) is 88.6 cm³/mol. The molecule has 106 valence electrons. The molecule has 1 nitrogen and oxygen atoms in total. The molecule has 0 unspecified atom stereocenters. The molecule has 0 saturated heterocycles. The molecule has 0 aliphatic heterocycles. The second-order valence-corrected chi connectivity index (χ2v) is 6.20. The van der Waals surface area contributed by atoms with Gasteiger partial charge in [-0.05, 0) is 50.7 Å². The van der Waals surface area contributed by atoms with Crippen molar-refractivity contribution in [3.63, 3.8) is 0 Å². The summed E-state index contributed by atoms with van der Waals surface area (Å²) < 4.78 is 6.77. The largest absolute Gasteiger partial charge is 0.488 e. The van der Waals surface area contributed by atoms with Crippen molar-refractivity contribution < 1.29 is 4.74 Å². The van der Waals surface area contributed by atoms with E-state index in [1.807, 2.05) is 18.2 Å². The van der Waals surface area contributed by atoms with Crippen LogP contribution in [0.2, 0.25) is 0 Å². The Balaban J connectivity index is 2.01. The highest BCUT2D eigenvalue weighted by atomic mass is 79.9. The summed E-state index contributed by atoms with van der Waals surface area (Å²) in [6.07, 6.45) is 0. The first-order valence-electron chi connectivity index (χ1n) is 6.66. The van der Waals surface area contributed by atoms with Gasteiger partial charge in [-0.3, -0.25) is 0 Å². The van der Waals surface area contributed by atoms with Crippen LogP contribution in [-0.2, 0) is 12.5 Å². The zero-order valence-corrected chi connectivity index (χ0v) is 14.0. The van der Waals surface area contributed by atoms with Gasteiger partial charge in [0.2, 0.25) is 0 Å². The van der Waals surface area contributed by atoms with Gasteiger partial charge in [0.15, 0.2) is 0 Å². The van der Waals surface area contributed by atoms with Gasteiger partial charge >= 0.3 is 0 Å².